The normalized spacial score (nSPS) is 10.5. The van der Waals surface area contributed by atoms with Crippen molar-refractivity contribution in [3.8, 4) is 0 Å². The van der Waals surface area contributed by atoms with Gasteiger partial charge in [0.25, 0.3) is 12.1 Å². The van der Waals surface area contributed by atoms with Crippen LogP contribution in [0.1, 0.15) is 12.0 Å². The summed E-state index contributed by atoms with van der Waals surface area (Å²) in [5, 5.41) is 10.3. The predicted octanol–water partition coefficient (Wildman–Crippen LogP) is 3.29. The van der Waals surface area contributed by atoms with E-state index in [4.69, 9.17) is 0 Å². The summed E-state index contributed by atoms with van der Waals surface area (Å²) in [5.74, 6) is 0. The monoisotopic (exact) mass is 251 g/mol. The molecule has 0 unspecified atom stereocenters. The number of halogens is 3. The standard InChI is InChI=1S/C7H4BrF2NO2/c8-4-1-2-6(11(12)13)5(3-4)7(9)10/h1-3,7H. The molecule has 0 atom stereocenters. The molecule has 1 aromatic rings. The molecule has 1 aromatic carbocycles. The Kier molecular flexibility index (Phi) is 2.92. The van der Waals surface area contributed by atoms with Gasteiger partial charge >= 0.3 is 0 Å². The van der Waals surface area contributed by atoms with Gasteiger partial charge in [-0.15, -0.1) is 0 Å². The molecule has 0 saturated heterocycles. The highest BCUT2D eigenvalue weighted by atomic mass is 79.9. The first-order valence-electron chi connectivity index (χ1n) is 3.24. The Balaban J connectivity index is 3.26. The highest BCUT2D eigenvalue weighted by Gasteiger charge is 2.21. The third-order valence-corrected chi connectivity index (χ3v) is 1.91. The maximum absolute atomic E-state index is 12.2. The molecule has 0 aliphatic heterocycles. The smallest absolute Gasteiger partial charge is 0.258 e. The second-order valence-corrected chi connectivity index (χ2v) is 3.18. The van der Waals surface area contributed by atoms with Gasteiger partial charge in [-0.05, 0) is 12.1 Å². The van der Waals surface area contributed by atoms with Crippen LogP contribution in [0.2, 0.25) is 0 Å². The van der Waals surface area contributed by atoms with Gasteiger partial charge in [-0.3, -0.25) is 10.1 Å². The van der Waals surface area contributed by atoms with Crippen LogP contribution in [0.25, 0.3) is 0 Å². The zero-order chi connectivity index (χ0) is 10.0. The number of nitro benzene ring substituents is 1. The topological polar surface area (TPSA) is 43.1 Å². The Hall–Kier alpha value is -1.04. The molecule has 0 aliphatic rings. The summed E-state index contributed by atoms with van der Waals surface area (Å²) in [4.78, 5) is 9.47. The van der Waals surface area contributed by atoms with Gasteiger partial charge in [0, 0.05) is 10.5 Å². The summed E-state index contributed by atoms with van der Waals surface area (Å²) in [7, 11) is 0. The zero-order valence-corrected chi connectivity index (χ0v) is 7.79. The number of nitrogens with zero attached hydrogens (tertiary/aromatic N) is 1. The average Bonchev–Trinajstić information content (AvgIpc) is 2.03. The van der Waals surface area contributed by atoms with E-state index in [1.54, 1.807) is 0 Å². The van der Waals surface area contributed by atoms with Gasteiger partial charge in [0.2, 0.25) is 0 Å². The fraction of sp³-hybridized carbons (Fsp3) is 0.143. The lowest BCUT2D eigenvalue weighted by Gasteiger charge is -2.01. The third kappa shape index (κ3) is 2.21. The van der Waals surface area contributed by atoms with Crippen molar-refractivity contribution in [2.75, 3.05) is 0 Å². The Morgan fingerprint density at radius 1 is 1.46 bits per heavy atom. The average molecular weight is 252 g/mol. The van der Waals surface area contributed by atoms with Crippen molar-refractivity contribution in [1.29, 1.82) is 0 Å². The number of nitro groups is 1. The van der Waals surface area contributed by atoms with Crippen molar-refractivity contribution < 1.29 is 13.7 Å². The van der Waals surface area contributed by atoms with Gasteiger partial charge in [0.05, 0.1) is 10.5 Å². The van der Waals surface area contributed by atoms with E-state index in [9.17, 15) is 18.9 Å². The minimum Gasteiger partial charge on any atom is -0.258 e. The van der Waals surface area contributed by atoms with Crippen molar-refractivity contribution in [2.45, 2.75) is 6.43 Å². The van der Waals surface area contributed by atoms with E-state index >= 15 is 0 Å². The fourth-order valence-electron chi connectivity index (χ4n) is 0.866. The molecule has 0 aromatic heterocycles. The number of benzene rings is 1. The first-order chi connectivity index (χ1) is 6.02. The Morgan fingerprint density at radius 3 is 2.54 bits per heavy atom. The van der Waals surface area contributed by atoms with Gasteiger partial charge < -0.3 is 0 Å². The van der Waals surface area contributed by atoms with E-state index < -0.39 is 22.6 Å². The maximum atomic E-state index is 12.2. The number of hydrogen-bond acceptors (Lipinski definition) is 2. The van der Waals surface area contributed by atoms with Gasteiger partial charge in [-0.2, -0.15) is 0 Å². The Bertz CT molecular complexity index is 343. The molecule has 1 rings (SSSR count). The molecule has 6 heteroatoms. The van der Waals surface area contributed by atoms with Crippen LogP contribution in [0, 0.1) is 10.1 Å². The molecular weight excluding hydrogens is 248 g/mol. The van der Waals surface area contributed by atoms with Gasteiger partial charge in [-0.1, -0.05) is 15.9 Å². The van der Waals surface area contributed by atoms with E-state index in [0.29, 0.717) is 4.47 Å². The van der Waals surface area contributed by atoms with Gasteiger partial charge in [-0.25, -0.2) is 8.78 Å². The molecule has 13 heavy (non-hydrogen) atoms. The summed E-state index contributed by atoms with van der Waals surface area (Å²) >= 11 is 2.96. The summed E-state index contributed by atoms with van der Waals surface area (Å²) < 4.78 is 24.9. The number of rotatable bonds is 2. The molecule has 0 saturated carbocycles. The lowest BCUT2D eigenvalue weighted by atomic mass is 10.2. The van der Waals surface area contributed by atoms with Crippen LogP contribution >= 0.6 is 15.9 Å². The van der Waals surface area contributed by atoms with E-state index in [1.165, 1.54) is 6.07 Å². The van der Waals surface area contributed by atoms with Crippen LogP contribution in [0.3, 0.4) is 0 Å². The molecule has 0 N–H and O–H groups in total. The largest absolute Gasteiger partial charge is 0.278 e. The first-order valence-corrected chi connectivity index (χ1v) is 4.03. The summed E-state index contributed by atoms with van der Waals surface area (Å²) in [5.41, 5.74) is -1.13. The van der Waals surface area contributed by atoms with E-state index in [-0.39, 0.29) is 0 Å². The van der Waals surface area contributed by atoms with Crippen LogP contribution in [-0.4, -0.2) is 4.92 Å². The minimum absolute atomic E-state index is 0.397. The second kappa shape index (κ2) is 3.78. The lowest BCUT2D eigenvalue weighted by molar-refractivity contribution is -0.386. The Morgan fingerprint density at radius 2 is 2.08 bits per heavy atom. The lowest BCUT2D eigenvalue weighted by Crippen LogP contribution is -1.95. The van der Waals surface area contributed by atoms with Crippen LogP contribution in [0.5, 0.6) is 0 Å². The summed E-state index contributed by atoms with van der Waals surface area (Å²) in [6, 6.07) is 3.44. The summed E-state index contributed by atoms with van der Waals surface area (Å²) in [6.45, 7) is 0. The minimum atomic E-state index is -2.84. The van der Waals surface area contributed by atoms with Crippen LogP contribution < -0.4 is 0 Å². The van der Waals surface area contributed by atoms with Crippen LogP contribution in [0.15, 0.2) is 22.7 Å². The van der Waals surface area contributed by atoms with Crippen LogP contribution in [0.4, 0.5) is 14.5 Å². The molecule has 0 heterocycles. The molecule has 70 valence electrons. The first kappa shape index (κ1) is 10.0. The molecule has 0 amide bonds. The molecule has 0 aliphatic carbocycles. The van der Waals surface area contributed by atoms with E-state index in [1.807, 2.05) is 0 Å². The maximum Gasteiger partial charge on any atom is 0.278 e. The van der Waals surface area contributed by atoms with Crippen LogP contribution in [-0.2, 0) is 0 Å². The Labute approximate surface area is 80.6 Å². The molecule has 3 nitrogen and oxygen atoms in total. The zero-order valence-electron chi connectivity index (χ0n) is 6.21. The van der Waals surface area contributed by atoms with Gasteiger partial charge in [0.1, 0.15) is 0 Å². The molecule has 0 fully saturated rings. The molecule has 0 spiro atoms. The molecule has 0 radical (unpaired) electrons. The summed E-state index contributed by atoms with van der Waals surface area (Å²) in [6.07, 6.45) is -2.84. The van der Waals surface area contributed by atoms with Crippen molar-refractivity contribution in [3.05, 3.63) is 38.3 Å². The highest BCUT2D eigenvalue weighted by Crippen LogP contribution is 2.30. The quantitative estimate of drug-likeness (QED) is 0.598. The van der Waals surface area contributed by atoms with Crippen molar-refractivity contribution in [3.63, 3.8) is 0 Å². The molecular formula is C7H4BrF2NO2. The number of alkyl halides is 2. The molecule has 0 bridgehead atoms. The number of hydrogen-bond donors (Lipinski definition) is 0. The fourth-order valence-corrected chi connectivity index (χ4v) is 1.25. The van der Waals surface area contributed by atoms with Crippen molar-refractivity contribution in [1.82, 2.24) is 0 Å². The second-order valence-electron chi connectivity index (χ2n) is 2.26. The van der Waals surface area contributed by atoms with E-state index in [0.717, 1.165) is 12.1 Å². The van der Waals surface area contributed by atoms with Crippen molar-refractivity contribution >= 4 is 21.6 Å². The van der Waals surface area contributed by atoms with E-state index in [2.05, 4.69) is 15.9 Å². The van der Waals surface area contributed by atoms with Crippen molar-refractivity contribution in [2.24, 2.45) is 0 Å². The third-order valence-electron chi connectivity index (χ3n) is 1.42. The SMILES string of the molecule is O=[N+]([O-])c1ccc(Br)cc1C(F)F. The predicted molar refractivity (Wildman–Crippen MR) is 45.8 cm³/mol. The van der Waals surface area contributed by atoms with Gasteiger partial charge in [0.15, 0.2) is 0 Å². The highest BCUT2D eigenvalue weighted by molar-refractivity contribution is 9.10.